The lowest BCUT2D eigenvalue weighted by atomic mass is 10.1. The van der Waals surface area contributed by atoms with E-state index in [4.69, 9.17) is 0 Å². The highest BCUT2D eigenvalue weighted by atomic mass is 16.3. The van der Waals surface area contributed by atoms with Crippen molar-refractivity contribution < 1.29 is 5.11 Å². The number of aliphatic hydroxyl groups excluding tert-OH is 1. The summed E-state index contributed by atoms with van der Waals surface area (Å²) in [6.45, 7) is 9.31. The van der Waals surface area contributed by atoms with Crippen LogP contribution in [-0.2, 0) is 0 Å². The van der Waals surface area contributed by atoms with E-state index in [2.05, 4.69) is 6.58 Å². The van der Waals surface area contributed by atoms with Gasteiger partial charge in [-0.05, 0) is 38.3 Å². The molecule has 62 valence electrons. The molecule has 11 heavy (non-hydrogen) atoms. The van der Waals surface area contributed by atoms with E-state index in [1.165, 1.54) is 0 Å². The average molecular weight is 152 g/mol. The van der Waals surface area contributed by atoms with Gasteiger partial charge in [0.25, 0.3) is 0 Å². The van der Waals surface area contributed by atoms with Crippen molar-refractivity contribution in [3.05, 3.63) is 35.6 Å². The van der Waals surface area contributed by atoms with Crippen LogP contribution in [0.5, 0.6) is 0 Å². The minimum Gasteiger partial charge on any atom is -0.508 e. The second-order valence-electron chi connectivity index (χ2n) is 2.59. The first-order chi connectivity index (χ1) is 5.13. The second-order valence-corrected chi connectivity index (χ2v) is 2.59. The molecular formula is C10H16O. The predicted octanol–water partition coefficient (Wildman–Crippen LogP) is 3.36. The fourth-order valence-corrected chi connectivity index (χ4v) is 0.786. The van der Waals surface area contributed by atoms with Crippen LogP contribution in [0.4, 0.5) is 0 Å². The summed E-state index contributed by atoms with van der Waals surface area (Å²) >= 11 is 0. The molecule has 0 aliphatic carbocycles. The zero-order valence-electron chi connectivity index (χ0n) is 7.52. The van der Waals surface area contributed by atoms with E-state index in [9.17, 15) is 5.11 Å². The molecule has 0 bridgehead atoms. The third kappa shape index (κ3) is 3.08. The largest absolute Gasteiger partial charge is 0.508 e. The molecule has 0 aromatic rings. The quantitative estimate of drug-likeness (QED) is 0.373. The van der Waals surface area contributed by atoms with Crippen LogP contribution in [0.15, 0.2) is 35.6 Å². The second kappa shape index (κ2) is 4.78. The number of allylic oxidation sites excluding steroid dienone is 4. The van der Waals surface area contributed by atoms with Crippen LogP contribution >= 0.6 is 0 Å². The summed E-state index contributed by atoms with van der Waals surface area (Å²) in [5.41, 5.74) is 1.89. The van der Waals surface area contributed by atoms with Crippen LogP contribution in [0.25, 0.3) is 0 Å². The molecule has 0 radical (unpaired) electrons. The van der Waals surface area contributed by atoms with Gasteiger partial charge in [-0.25, -0.2) is 0 Å². The van der Waals surface area contributed by atoms with Gasteiger partial charge in [-0.1, -0.05) is 12.2 Å². The van der Waals surface area contributed by atoms with Gasteiger partial charge in [0.05, 0.1) is 0 Å². The standard InChI is InChI=1S/C10H16O/c1-5-7-9(4)10(11)8(3)6-2/h5-6,11H,1,7H2,2-4H3/b8-6-,10-9-. The Morgan fingerprint density at radius 1 is 1.45 bits per heavy atom. The van der Waals surface area contributed by atoms with Crippen molar-refractivity contribution in [2.75, 3.05) is 0 Å². The first kappa shape index (κ1) is 10.0. The number of hydrogen-bond donors (Lipinski definition) is 1. The van der Waals surface area contributed by atoms with E-state index in [0.717, 1.165) is 17.6 Å². The van der Waals surface area contributed by atoms with E-state index < -0.39 is 0 Å². The first-order valence-corrected chi connectivity index (χ1v) is 3.76. The maximum Gasteiger partial charge on any atom is 0.117 e. The molecule has 1 heteroatoms. The molecule has 0 aromatic heterocycles. The van der Waals surface area contributed by atoms with E-state index in [1.807, 2.05) is 26.8 Å². The average Bonchev–Trinajstić information content (AvgIpc) is 2.02. The van der Waals surface area contributed by atoms with Crippen molar-refractivity contribution >= 4 is 0 Å². The molecule has 0 fully saturated rings. The molecule has 1 nitrogen and oxygen atoms in total. The lowest BCUT2D eigenvalue weighted by molar-refractivity contribution is 0.415. The summed E-state index contributed by atoms with van der Waals surface area (Å²) < 4.78 is 0. The van der Waals surface area contributed by atoms with Crippen molar-refractivity contribution in [3.63, 3.8) is 0 Å². The zero-order chi connectivity index (χ0) is 8.85. The van der Waals surface area contributed by atoms with Gasteiger partial charge in [0.15, 0.2) is 0 Å². The van der Waals surface area contributed by atoms with Crippen LogP contribution in [0.1, 0.15) is 27.2 Å². The SMILES string of the molecule is C=CC/C(C)=C(O)/C(C)=C\C. The van der Waals surface area contributed by atoms with Crippen LogP contribution in [0.2, 0.25) is 0 Å². The van der Waals surface area contributed by atoms with Gasteiger partial charge in [0.2, 0.25) is 0 Å². The molecule has 0 rings (SSSR count). The molecule has 1 N–H and O–H groups in total. The van der Waals surface area contributed by atoms with Crippen LogP contribution in [-0.4, -0.2) is 5.11 Å². The summed E-state index contributed by atoms with van der Waals surface area (Å²) in [5.74, 6) is 0.396. The molecular weight excluding hydrogens is 136 g/mol. The molecule has 0 saturated carbocycles. The van der Waals surface area contributed by atoms with Gasteiger partial charge in [-0.2, -0.15) is 0 Å². The molecule has 0 saturated heterocycles. The van der Waals surface area contributed by atoms with Gasteiger partial charge in [0, 0.05) is 0 Å². The summed E-state index contributed by atoms with van der Waals surface area (Å²) in [5, 5.41) is 9.48. The molecule has 0 spiro atoms. The fourth-order valence-electron chi connectivity index (χ4n) is 0.786. The monoisotopic (exact) mass is 152 g/mol. The fraction of sp³-hybridized carbons (Fsp3) is 0.400. The third-order valence-corrected chi connectivity index (χ3v) is 1.66. The van der Waals surface area contributed by atoms with Crippen molar-refractivity contribution in [1.82, 2.24) is 0 Å². The maximum absolute atomic E-state index is 9.48. The van der Waals surface area contributed by atoms with E-state index in [-0.39, 0.29) is 0 Å². The Hall–Kier alpha value is -0.980. The van der Waals surface area contributed by atoms with Crippen molar-refractivity contribution in [2.45, 2.75) is 27.2 Å². The Balaban J connectivity index is 4.51. The molecule has 0 aromatic carbocycles. The first-order valence-electron chi connectivity index (χ1n) is 3.76. The summed E-state index contributed by atoms with van der Waals surface area (Å²) in [4.78, 5) is 0. The van der Waals surface area contributed by atoms with Gasteiger partial charge in [-0.3, -0.25) is 0 Å². The lowest BCUT2D eigenvalue weighted by Crippen LogP contribution is -1.88. The Kier molecular flexibility index (Phi) is 4.35. The number of aliphatic hydroxyl groups is 1. The number of rotatable bonds is 3. The molecule has 0 aliphatic heterocycles. The smallest absolute Gasteiger partial charge is 0.117 e. The molecule has 0 amide bonds. The predicted molar refractivity (Wildman–Crippen MR) is 49.6 cm³/mol. The summed E-state index contributed by atoms with van der Waals surface area (Å²) in [6, 6.07) is 0. The van der Waals surface area contributed by atoms with E-state index in [0.29, 0.717) is 5.76 Å². The zero-order valence-corrected chi connectivity index (χ0v) is 7.52. The highest BCUT2D eigenvalue weighted by molar-refractivity contribution is 5.27. The summed E-state index contributed by atoms with van der Waals surface area (Å²) in [6.07, 6.45) is 4.42. The van der Waals surface area contributed by atoms with Gasteiger partial charge >= 0.3 is 0 Å². The number of hydrogen-bond acceptors (Lipinski definition) is 1. The molecule has 0 aliphatic rings. The molecule has 0 heterocycles. The van der Waals surface area contributed by atoms with Crippen molar-refractivity contribution in [1.29, 1.82) is 0 Å². The van der Waals surface area contributed by atoms with Crippen molar-refractivity contribution in [2.24, 2.45) is 0 Å². The van der Waals surface area contributed by atoms with Crippen LogP contribution < -0.4 is 0 Å². The summed E-state index contributed by atoms with van der Waals surface area (Å²) in [7, 11) is 0. The highest BCUT2D eigenvalue weighted by Gasteiger charge is 1.98. The minimum absolute atomic E-state index is 0.396. The lowest BCUT2D eigenvalue weighted by Gasteiger charge is -2.03. The van der Waals surface area contributed by atoms with Crippen LogP contribution in [0, 0.1) is 0 Å². The van der Waals surface area contributed by atoms with E-state index in [1.54, 1.807) is 6.08 Å². The Morgan fingerprint density at radius 3 is 2.36 bits per heavy atom. The molecule has 0 atom stereocenters. The maximum atomic E-state index is 9.48. The van der Waals surface area contributed by atoms with Gasteiger partial charge < -0.3 is 5.11 Å². The van der Waals surface area contributed by atoms with E-state index >= 15 is 0 Å². The van der Waals surface area contributed by atoms with Crippen molar-refractivity contribution in [3.8, 4) is 0 Å². The van der Waals surface area contributed by atoms with Gasteiger partial charge in [-0.15, -0.1) is 6.58 Å². The topological polar surface area (TPSA) is 20.2 Å². The minimum atomic E-state index is 0.396. The Labute approximate surface area is 68.7 Å². The highest BCUT2D eigenvalue weighted by Crippen LogP contribution is 2.13. The molecule has 0 unspecified atom stereocenters. The normalized spacial score (nSPS) is 14.3. The van der Waals surface area contributed by atoms with Crippen LogP contribution in [0.3, 0.4) is 0 Å². The Bertz CT molecular complexity index is 197. The van der Waals surface area contributed by atoms with Gasteiger partial charge in [0.1, 0.15) is 5.76 Å². The third-order valence-electron chi connectivity index (χ3n) is 1.66. The Morgan fingerprint density at radius 2 is 2.00 bits per heavy atom.